The lowest BCUT2D eigenvalue weighted by molar-refractivity contribution is -0.143. The fourth-order valence-corrected chi connectivity index (χ4v) is 2.62. The Morgan fingerprint density at radius 3 is 2.79 bits per heavy atom. The molecule has 2 rings (SSSR count). The van der Waals surface area contributed by atoms with Gasteiger partial charge >= 0.3 is 5.97 Å². The van der Waals surface area contributed by atoms with Gasteiger partial charge in [0.15, 0.2) is 0 Å². The second-order valence-corrected chi connectivity index (χ2v) is 5.61. The molecule has 1 amide bonds. The van der Waals surface area contributed by atoms with E-state index in [2.05, 4.69) is 10.3 Å². The standard InChI is InChI=1S/C18H25N3O3/c1-3-8-17(22)19-12-7-11-16-20-14-9-5-6-10-15(14)21(16)13-18(23)24-4-2/h5-6,9-10H,3-4,7-8,11-13H2,1-2H3,(H,19,22). The summed E-state index contributed by atoms with van der Waals surface area (Å²) in [6.07, 6.45) is 2.88. The van der Waals surface area contributed by atoms with Crippen LogP contribution in [0.3, 0.4) is 0 Å². The predicted molar refractivity (Wildman–Crippen MR) is 92.6 cm³/mol. The number of para-hydroxylation sites is 2. The van der Waals surface area contributed by atoms with Gasteiger partial charge in [-0.05, 0) is 31.9 Å². The highest BCUT2D eigenvalue weighted by molar-refractivity contribution is 5.79. The summed E-state index contributed by atoms with van der Waals surface area (Å²) in [6, 6.07) is 7.75. The third-order valence-corrected chi connectivity index (χ3v) is 3.70. The van der Waals surface area contributed by atoms with E-state index in [1.165, 1.54) is 0 Å². The number of hydrogen-bond donors (Lipinski definition) is 1. The van der Waals surface area contributed by atoms with E-state index in [1.54, 1.807) is 6.92 Å². The van der Waals surface area contributed by atoms with Gasteiger partial charge in [0.2, 0.25) is 5.91 Å². The second-order valence-electron chi connectivity index (χ2n) is 5.61. The Bertz CT molecular complexity index is 694. The van der Waals surface area contributed by atoms with Crippen molar-refractivity contribution in [1.82, 2.24) is 14.9 Å². The van der Waals surface area contributed by atoms with Gasteiger partial charge in [-0.25, -0.2) is 4.98 Å². The summed E-state index contributed by atoms with van der Waals surface area (Å²) in [5.41, 5.74) is 1.79. The number of carbonyl (C=O) groups excluding carboxylic acids is 2. The molecule has 1 aromatic heterocycles. The van der Waals surface area contributed by atoms with Crippen molar-refractivity contribution in [1.29, 1.82) is 0 Å². The number of carbonyl (C=O) groups is 2. The minimum Gasteiger partial charge on any atom is -0.465 e. The topological polar surface area (TPSA) is 73.2 Å². The van der Waals surface area contributed by atoms with Crippen molar-refractivity contribution in [3.05, 3.63) is 30.1 Å². The third-order valence-electron chi connectivity index (χ3n) is 3.70. The molecule has 2 aromatic rings. The Morgan fingerprint density at radius 1 is 1.25 bits per heavy atom. The van der Waals surface area contributed by atoms with E-state index < -0.39 is 0 Å². The lowest BCUT2D eigenvalue weighted by Gasteiger charge is -2.09. The zero-order valence-electron chi connectivity index (χ0n) is 14.4. The largest absolute Gasteiger partial charge is 0.465 e. The van der Waals surface area contributed by atoms with E-state index in [9.17, 15) is 9.59 Å². The van der Waals surface area contributed by atoms with Crippen molar-refractivity contribution >= 4 is 22.9 Å². The van der Waals surface area contributed by atoms with Crippen LogP contribution in [0.1, 0.15) is 38.9 Å². The summed E-state index contributed by atoms with van der Waals surface area (Å²) >= 11 is 0. The summed E-state index contributed by atoms with van der Waals surface area (Å²) in [4.78, 5) is 28.0. The highest BCUT2D eigenvalue weighted by Gasteiger charge is 2.14. The average Bonchev–Trinajstić information content (AvgIpc) is 2.90. The number of fused-ring (bicyclic) bond motifs is 1. The van der Waals surface area contributed by atoms with Crippen molar-refractivity contribution in [2.75, 3.05) is 13.2 Å². The van der Waals surface area contributed by atoms with Crippen LogP contribution in [0, 0.1) is 0 Å². The van der Waals surface area contributed by atoms with Gasteiger partial charge < -0.3 is 14.6 Å². The lowest BCUT2D eigenvalue weighted by Crippen LogP contribution is -2.24. The van der Waals surface area contributed by atoms with Crippen molar-refractivity contribution in [2.24, 2.45) is 0 Å². The van der Waals surface area contributed by atoms with E-state index in [-0.39, 0.29) is 18.4 Å². The maximum atomic E-state index is 11.9. The van der Waals surface area contributed by atoms with Crippen LogP contribution in [-0.2, 0) is 27.3 Å². The zero-order chi connectivity index (χ0) is 17.4. The summed E-state index contributed by atoms with van der Waals surface area (Å²) in [5, 5.41) is 2.90. The molecule has 6 nitrogen and oxygen atoms in total. The number of aromatic nitrogens is 2. The van der Waals surface area contributed by atoms with Crippen molar-refractivity contribution in [2.45, 2.75) is 46.1 Å². The minimum absolute atomic E-state index is 0.0810. The maximum Gasteiger partial charge on any atom is 0.326 e. The van der Waals surface area contributed by atoms with Crippen LogP contribution in [0.5, 0.6) is 0 Å². The van der Waals surface area contributed by atoms with Gasteiger partial charge in [0.25, 0.3) is 0 Å². The summed E-state index contributed by atoms with van der Waals surface area (Å²) in [5.74, 6) is 0.657. The smallest absolute Gasteiger partial charge is 0.326 e. The summed E-state index contributed by atoms with van der Waals surface area (Å²) in [7, 11) is 0. The van der Waals surface area contributed by atoms with E-state index >= 15 is 0 Å². The number of esters is 1. The number of hydrogen-bond acceptors (Lipinski definition) is 4. The molecule has 0 saturated heterocycles. The molecule has 0 saturated carbocycles. The number of aryl methyl sites for hydroxylation is 1. The molecule has 0 fully saturated rings. The average molecular weight is 331 g/mol. The highest BCUT2D eigenvalue weighted by atomic mass is 16.5. The van der Waals surface area contributed by atoms with E-state index in [0.717, 1.165) is 29.7 Å². The lowest BCUT2D eigenvalue weighted by atomic mass is 10.2. The monoisotopic (exact) mass is 331 g/mol. The summed E-state index contributed by atoms with van der Waals surface area (Å²) in [6.45, 7) is 4.92. The Labute approximate surface area is 142 Å². The first kappa shape index (κ1) is 18.0. The number of rotatable bonds is 9. The Kier molecular flexibility index (Phi) is 6.78. The van der Waals surface area contributed by atoms with Crippen LogP contribution < -0.4 is 5.32 Å². The molecule has 0 unspecified atom stereocenters. The Hall–Kier alpha value is -2.37. The Morgan fingerprint density at radius 2 is 2.04 bits per heavy atom. The van der Waals surface area contributed by atoms with E-state index in [1.807, 2.05) is 35.8 Å². The van der Waals surface area contributed by atoms with Gasteiger partial charge in [-0.2, -0.15) is 0 Å². The molecule has 6 heteroatoms. The zero-order valence-corrected chi connectivity index (χ0v) is 14.4. The fraction of sp³-hybridized carbons (Fsp3) is 0.500. The molecule has 0 atom stereocenters. The van der Waals surface area contributed by atoms with Gasteiger partial charge in [-0.3, -0.25) is 9.59 Å². The van der Waals surface area contributed by atoms with E-state index in [4.69, 9.17) is 4.74 Å². The number of imidazole rings is 1. The highest BCUT2D eigenvalue weighted by Crippen LogP contribution is 2.17. The molecule has 0 spiro atoms. The molecule has 0 radical (unpaired) electrons. The van der Waals surface area contributed by atoms with Gasteiger partial charge in [0.1, 0.15) is 12.4 Å². The quantitative estimate of drug-likeness (QED) is 0.566. The molecule has 1 N–H and O–H groups in total. The van der Waals surface area contributed by atoms with Crippen molar-refractivity contribution in [3.8, 4) is 0 Å². The number of benzene rings is 1. The molecule has 0 bridgehead atoms. The third kappa shape index (κ3) is 4.81. The van der Waals surface area contributed by atoms with Crippen molar-refractivity contribution in [3.63, 3.8) is 0 Å². The van der Waals surface area contributed by atoms with Crippen LogP contribution >= 0.6 is 0 Å². The van der Waals surface area contributed by atoms with Gasteiger partial charge in [-0.15, -0.1) is 0 Å². The first-order valence-electron chi connectivity index (χ1n) is 8.52. The molecular formula is C18H25N3O3. The normalized spacial score (nSPS) is 10.8. The first-order valence-corrected chi connectivity index (χ1v) is 8.52. The van der Waals surface area contributed by atoms with Gasteiger partial charge in [-0.1, -0.05) is 19.1 Å². The number of amides is 1. The summed E-state index contributed by atoms with van der Waals surface area (Å²) < 4.78 is 6.96. The molecule has 24 heavy (non-hydrogen) atoms. The SMILES string of the molecule is CCCC(=O)NCCCc1nc2ccccc2n1CC(=O)OCC. The molecule has 1 aromatic carbocycles. The predicted octanol–water partition coefficient (Wildman–Crippen LogP) is 2.45. The molecule has 0 aliphatic heterocycles. The van der Waals surface area contributed by atoms with Crippen LogP contribution in [0.2, 0.25) is 0 Å². The molecule has 1 heterocycles. The second kappa shape index (κ2) is 9.05. The fourth-order valence-electron chi connectivity index (χ4n) is 2.62. The number of ether oxygens (including phenoxy) is 1. The van der Waals surface area contributed by atoms with Crippen LogP contribution in [0.15, 0.2) is 24.3 Å². The van der Waals surface area contributed by atoms with Gasteiger partial charge in [0, 0.05) is 19.4 Å². The molecular weight excluding hydrogens is 306 g/mol. The molecule has 0 aliphatic carbocycles. The van der Waals surface area contributed by atoms with Crippen LogP contribution in [-0.4, -0.2) is 34.6 Å². The van der Waals surface area contributed by atoms with Crippen LogP contribution in [0.25, 0.3) is 11.0 Å². The van der Waals surface area contributed by atoms with Crippen molar-refractivity contribution < 1.29 is 14.3 Å². The Balaban J connectivity index is 2.05. The molecule has 130 valence electrons. The van der Waals surface area contributed by atoms with E-state index in [0.29, 0.717) is 26.0 Å². The van der Waals surface area contributed by atoms with Gasteiger partial charge in [0.05, 0.1) is 17.6 Å². The minimum atomic E-state index is -0.266. The molecule has 0 aliphatic rings. The first-order chi connectivity index (χ1) is 11.7. The number of nitrogens with zero attached hydrogens (tertiary/aromatic N) is 2. The maximum absolute atomic E-state index is 11.9. The van der Waals surface area contributed by atoms with Crippen LogP contribution in [0.4, 0.5) is 0 Å². The number of nitrogens with one attached hydrogen (secondary N) is 1.